The molecular formula is C8H11F3N2. The van der Waals surface area contributed by atoms with Crippen LogP contribution in [0, 0.1) is 11.3 Å². The van der Waals surface area contributed by atoms with E-state index in [1.807, 2.05) is 6.07 Å². The summed E-state index contributed by atoms with van der Waals surface area (Å²) < 4.78 is 35.3. The summed E-state index contributed by atoms with van der Waals surface area (Å²) in [5, 5.41) is 10.6. The van der Waals surface area contributed by atoms with Crippen molar-refractivity contribution in [3.63, 3.8) is 0 Å². The molecule has 0 fully saturated rings. The van der Waals surface area contributed by atoms with E-state index >= 15 is 0 Å². The molecule has 5 heteroatoms. The molecule has 0 heterocycles. The molecule has 0 aliphatic carbocycles. The summed E-state index contributed by atoms with van der Waals surface area (Å²) in [6.07, 6.45) is -1.96. The van der Waals surface area contributed by atoms with Crippen LogP contribution in [0.3, 0.4) is 0 Å². The molecule has 0 rings (SSSR count). The van der Waals surface area contributed by atoms with Gasteiger partial charge < -0.3 is 5.32 Å². The van der Waals surface area contributed by atoms with Gasteiger partial charge in [0.05, 0.1) is 18.9 Å². The fraction of sp³-hybridized carbons (Fsp3) is 0.625. The maximum absolute atomic E-state index is 11.8. The van der Waals surface area contributed by atoms with E-state index < -0.39 is 18.6 Å². The van der Waals surface area contributed by atoms with E-state index in [1.165, 1.54) is 19.2 Å². The largest absolute Gasteiger partial charge is 0.391 e. The Labute approximate surface area is 75.0 Å². The second-order valence-electron chi connectivity index (χ2n) is 2.65. The van der Waals surface area contributed by atoms with E-state index in [4.69, 9.17) is 5.26 Å². The summed E-state index contributed by atoms with van der Waals surface area (Å²) in [6, 6.07) is 1.18. The van der Waals surface area contributed by atoms with Crippen LogP contribution < -0.4 is 5.32 Å². The molecule has 0 bridgehead atoms. The van der Waals surface area contributed by atoms with Crippen molar-refractivity contribution in [2.24, 2.45) is 0 Å². The van der Waals surface area contributed by atoms with Gasteiger partial charge in [0.1, 0.15) is 0 Å². The third-order valence-electron chi connectivity index (χ3n) is 1.25. The first kappa shape index (κ1) is 11.8. The van der Waals surface area contributed by atoms with Gasteiger partial charge in [-0.25, -0.2) is 0 Å². The van der Waals surface area contributed by atoms with Crippen LogP contribution in [-0.4, -0.2) is 12.2 Å². The van der Waals surface area contributed by atoms with E-state index in [2.05, 4.69) is 5.32 Å². The zero-order valence-corrected chi connectivity index (χ0v) is 7.23. The van der Waals surface area contributed by atoms with Gasteiger partial charge in [-0.1, -0.05) is 6.08 Å². The van der Waals surface area contributed by atoms with Gasteiger partial charge in [0.2, 0.25) is 0 Å². The van der Waals surface area contributed by atoms with Crippen molar-refractivity contribution in [2.75, 3.05) is 0 Å². The molecule has 0 spiro atoms. The molecule has 0 aliphatic rings. The maximum Gasteiger partial charge on any atom is 0.391 e. The minimum atomic E-state index is -4.14. The Morgan fingerprint density at radius 1 is 1.54 bits per heavy atom. The van der Waals surface area contributed by atoms with Gasteiger partial charge in [-0.05, 0) is 13.1 Å². The molecule has 13 heavy (non-hydrogen) atoms. The van der Waals surface area contributed by atoms with E-state index in [1.54, 1.807) is 0 Å². The highest BCUT2D eigenvalue weighted by atomic mass is 19.4. The van der Waals surface area contributed by atoms with Crippen LogP contribution in [0.1, 0.15) is 19.8 Å². The topological polar surface area (TPSA) is 35.8 Å². The molecule has 2 nitrogen and oxygen atoms in total. The first-order chi connectivity index (χ1) is 5.95. The summed E-state index contributed by atoms with van der Waals surface area (Å²) in [7, 11) is 0. The molecule has 0 aliphatic heterocycles. The summed E-state index contributed by atoms with van der Waals surface area (Å²) in [4.78, 5) is 0. The summed E-state index contributed by atoms with van der Waals surface area (Å²) in [5.74, 6) is 0. The predicted molar refractivity (Wildman–Crippen MR) is 42.6 cm³/mol. The second kappa shape index (κ2) is 5.46. The fourth-order valence-electron chi connectivity index (χ4n) is 0.750. The Morgan fingerprint density at radius 3 is 2.62 bits per heavy atom. The first-order valence-electron chi connectivity index (χ1n) is 3.80. The molecule has 74 valence electrons. The average Bonchev–Trinajstić information content (AvgIpc) is 1.94. The zero-order valence-electron chi connectivity index (χ0n) is 7.23. The summed E-state index contributed by atoms with van der Waals surface area (Å²) in [6.45, 7) is 1.43. The highest BCUT2D eigenvalue weighted by molar-refractivity contribution is 4.90. The quantitative estimate of drug-likeness (QED) is 0.742. The number of allylic oxidation sites excluding steroid dienone is 1. The molecule has 0 amide bonds. The molecule has 1 unspecified atom stereocenters. The third-order valence-corrected chi connectivity index (χ3v) is 1.25. The van der Waals surface area contributed by atoms with Crippen molar-refractivity contribution in [3.05, 3.63) is 12.3 Å². The molecule has 1 N–H and O–H groups in total. The molecule has 0 aromatic rings. The first-order valence-corrected chi connectivity index (χ1v) is 3.80. The number of nitriles is 1. The number of nitrogens with zero attached hydrogens (tertiary/aromatic N) is 1. The van der Waals surface area contributed by atoms with Crippen LogP contribution in [0.4, 0.5) is 13.2 Å². The minimum absolute atomic E-state index is 0.200. The van der Waals surface area contributed by atoms with Gasteiger partial charge in [0, 0.05) is 6.04 Å². The lowest BCUT2D eigenvalue weighted by Gasteiger charge is -2.13. The Balaban J connectivity index is 3.64. The molecule has 0 saturated heterocycles. The van der Waals surface area contributed by atoms with E-state index in [0.29, 0.717) is 0 Å². The lowest BCUT2D eigenvalue weighted by atomic mass is 10.2. The third kappa shape index (κ3) is 8.73. The van der Waals surface area contributed by atoms with E-state index in [-0.39, 0.29) is 6.42 Å². The molecule has 0 saturated carbocycles. The van der Waals surface area contributed by atoms with Gasteiger partial charge in [0.15, 0.2) is 0 Å². The van der Waals surface area contributed by atoms with Crippen LogP contribution in [0.15, 0.2) is 12.3 Å². The molecular weight excluding hydrogens is 181 g/mol. The highest BCUT2D eigenvalue weighted by Gasteiger charge is 2.29. The number of rotatable bonds is 4. The highest BCUT2D eigenvalue weighted by Crippen LogP contribution is 2.21. The van der Waals surface area contributed by atoms with Crippen molar-refractivity contribution in [2.45, 2.75) is 32.0 Å². The molecule has 0 aromatic carbocycles. The molecule has 0 aromatic heterocycles. The Kier molecular flexibility index (Phi) is 4.97. The van der Waals surface area contributed by atoms with Crippen LogP contribution >= 0.6 is 0 Å². The van der Waals surface area contributed by atoms with Crippen LogP contribution in [-0.2, 0) is 0 Å². The van der Waals surface area contributed by atoms with Crippen molar-refractivity contribution < 1.29 is 13.2 Å². The second-order valence-corrected chi connectivity index (χ2v) is 2.65. The number of nitrogens with one attached hydrogen (secondary N) is 1. The van der Waals surface area contributed by atoms with E-state index in [9.17, 15) is 13.2 Å². The van der Waals surface area contributed by atoms with Crippen molar-refractivity contribution in [3.8, 4) is 6.07 Å². The number of hydrogen-bond donors (Lipinski definition) is 1. The van der Waals surface area contributed by atoms with Gasteiger partial charge in [-0.3, -0.25) is 0 Å². The monoisotopic (exact) mass is 192 g/mol. The number of halogens is 3. The Bertz CT molecular complexity index is 202. The lowest BCUT2D eigenvalue weighted by molar-refractivity contribution is -0.138. The van der Waals surface area contributed by atoms with Crippen LogP contribution in [0.25, 0.3) is 0 Å². The normalized spacial score (nSPS) is 14.1. The summed E-state index contributed by atoms with van der Waals surface area (Å²) in [5.41, 5.74) is 0. The van der Waals surface area contributed by atoms with Crippen LogP contribution in [0.5, 0.6) is 0 Å². The Morgan fingerprint density at radius 2 is 2.15 bits per heavy atom. The summed E-state index contributed by atoms with van der Waals surface area (Å²) >= 11 is 0. The fourth-order valence-corrected chi connectivity index (χ4v) is 0.750. The lowest BCUT2D eigenvalue weighted by Crippen LogP contribution is -2.27. The predicted octanol–water partition coefficient (Wildman–Crippen LogP) is 2.34. The average molecular weight is 192 g/mol. The zero-order chi connectivity index (χ0) is 10.3. The minimum Gasteiger partial charge on any atom is -0.388 e. The van der Waals surface area contributed by atoms with Gasteiger partial charge in [-0.15, -0.1) is 0 Å². The smallest absolute Gasteiger partial charge is 0.388 e. The standard InChI is InChI=1S/C8H11F3N2/c1-7(6-8(9,10)11)13-5-3-2-4-12/h3,5,7,13H,2,6H2,1H3/b5-3-. The number of alkyl halides is 3. The van der Waals surface area contributed by atoms with Crippen LogP contribution in [0.2, 0.25) is 0 Å². The molecule has 0 radical (unpaired) electrons. The van der Waals surface area contributed by atoms with E-state index in [0.717, 1.165) is 0 Å². The van der Waals surface area contributed by atoms with Gasteiger partial charge in [-0.2, -0.15) is 18.4 Å². The van der Waals surface area contributed by atoms with Gasteiger partial charge in [0.25, 0.3) is 0 Å². The maximum atomic E-state index is 11.8. The van der Waals surface area contributed by atoms with Gasteiger partial charge >= 0.3 is 6.18 Å². The van der Waals surface area contributed by atoms with Crippen molar-refractivity contribution >= 4 is 0 Å². The number of hydrogen-bond acceptors (Lipinski definition) is 2. The Hall–Kier alpha value is -1.18. The van der Waals surface area contributed by atoms with Crippen molar-refractivity contribution in [1.82, 2.24) is 5.32 Å². The van der Waals surface area contributed by atoms with Crippen molar-refractivity contribution in [1.29, 1.82) is 5.26 Å². The molecule has 1 atom stereocenters. The SMILES string of the molecule is CC(CC(F)(F)F)N/C=C\CC#N.